The van der Waals surface area contributed by atoms with Gasteiger partial charge in [0.15, 0.2) is 0 Å². The van der Waals surface area contributed by atoms with Crippen molar-refractivity contribution in [3.05, 3.63) is 49.2 Å². The van der Waals surface area contributed by atoms with E-state index in [-0.39, 0.29) is 0 Å². The predicted octanol–water partition coefficient (Wildman–Crippen LogP) is 2.43. The lowest BCUT2D eigenvalue weighted by molar-refractivity contribution is 1.20. The summed E-state index contributed by atoms with van der Waals surface area (Å²) >= 11 is 0. The van der Waals surface area contributed by atoms with Crippen molar-refractivity contribution in [2.24, 2.45) is 0 Å². The first-order chi connectivity index (χ1) is 8.45. The van der Waals surface area contributed by atoms with Crippen molar-refractivity contribution in [3.63, 3.8) is 0 Å². The SMILES string of the molecule is c1cnc2c(c1)c1ncccc1n1cncc21. The van der Waals surface area contributed by atoms with Crippen molar-refractivity contribution in [1.82, 2.24) is 19.4 Å². The molecule has 0 amide bonds. The van der Waals surface area contributed by atoms with Gasteiger partial charge in [0.05, 0.1) is 34.6 Å². The van der Waals surface area contributed by atoms with E-state index >= 15 is 0 Å². The standard InChI is InChI=1S/C13H8N4/c1-3-9-12-10(4-2-6-15-12)17-8-14-7-11(17)13(9)16-5-1/h1-8H. The van der Waals surface area contributed by atoms with Gasteiger partial charge in [-0.25, -0.2) is 4.98 Å². The van der Waals surface area contributed by atoms with Crippen LogP contribution in [0.5, 0.6) is 0 Å². The Morgan fingerprint density at radius 2 is 1.65 bits per heavy atom. The zero-order valence-electron chi connectivity index (χ0n) is 8.91. The van der Waals surface area contributed by atoms with Gasteiger partial charge >= 0.3 is 0 Å². The molecular weight excluding hydrogens is 212 g/mol. The highest BCUT2D eigenvalue weighted by Crippen LogP contribution is 2.25. The third-order valence-electron chi connectivity index (χ3n) is 2.99. The van der Waals surface area contributed by atoms with Crippen LogP contribution in [-0.4, -0.2) is 19.4 Å². The van der Waals surface area contributed by atoms with E-state index in [1.54, 1.807) is 18.7 Å². The van der Waals surface area contributed by atoms with Gasteiger partial charge in [0, 0.05) is 17.8 Å². The van der Waals surface area contributed by atoms with Gasteiger partial charge in [0.1, 0.15) is 0 Å². The van der Waals surface area contributed by atoms with Crippen molar-refractivity contribution in [2.45, 2.75) is 0 Å². The van der Waals surface area contributed by atoms with Crippen LogP contribution in [0, 0.1) is 0 Å². The number of imidazole rings is 1. The summed E-state index contributed by atoms with van der Waals surface area (Å²) in [5.74, 6) is 0. The van der Waals surface area contributed by atoms with Crippen LogP contribution < -0.4 is 0 Å². The molecule has 0 bridgehead atoms. The van der Waals surface area contributed by atoms with E-state index in [1.165, 1.54) is 0 Å². The van der Waals surface area contributed by atoms with Crippen LogP contribution in [0.25, 0.3) is 27.5 Å². The van der Waals surface area contributed by atoms with E-state index in [1.807, 2.05) is 34.9 Å². The second-order valence-corrected chi connectivity index (χ2v) is 3.92. The number of hydrogen-bond acceptors (Lipinski definition) is 3. The molecule has 0 spiro atoms. The van der Waals surface area contributed by atoms with Crippen molar-refractivity contribution < 1.29 is 0 Å². The Balaban J connectivity index is 2.48. The van der Waals surface area contributed by atoms with E-state index in [0.717, 1.165) is 27.5 Å². The highest BCUT2D eigenvalue weighted by atomic mass is 15.0. The lowest BCUT2D eigenvalue weighted by atomic mass is 10.2. The fourth-order valence-corrected chi connectivity index (χ4v) is 2.26. The Hall–Kier alpha value is -2.49. The summed E-state index contributed by atoms with van der Waals surface area (Å²) in [6.45, 7) is 0. The number of hydrogen-bond donors (Lipinski definition) is 0. The Bertz CT molecular complexity index is 778. The Morgan fingerprint density at radius 1 is 0.882 bits per heavy atom. The Morgan fingerprint density at radius 3 is 2.53 bits per heavy atom. The fraction of sp³-hybridized carbons (Fsp3) is 0. The van der Waals surface area contributed by atoms with Crippen LogP contribution in [-0.2, 0) is 0 Å². The molecule has 0 N–H and O–H groups in total. The van der Waals surface area contributed by atoms with Crippen LogP contribution in [0.3, 0.4) is 0 Å². The maximum Gasteiger partial charge on any atom is 0.0998 e. The van der Waals surface area contributed by atoms with E-state index in [0.29, 0.717) is 0 Å². The molecule has 4 rings (SSSR count). The number of aromatic nitrogens is 4. The monoisotopic (exact) mass is 220 g/mol. The molecule has 0 fully saturated rings. The van der Waals surface area contributed by atoms with Crippen LogP contribution in [0.2, 0.25) is 0 Å². The first kappa shape index (κ1) is 8.64. The maximum absolute atomic E-state index is 4.45. The van der Waals surface area contributed by atoms with Crippen molar-refractivity contribution in [3.8, 4) is 0 Å². The molecule has 0 saturated carbocycles. The minimum Gasteiger partial charge on any atom is -0.295 e. The molecular formula is C13H8N4. The molecule has 0 unspecified atom stereocenters. The average molecular weight is 220 g/mol. The van der Waals surface area contributed by atoms with Gasteiger partial charge in [-0.2, -0.15) is 0 Å². The fourth-order valence-electron chi connectivity index (χ4n) is 2.26. The molecule has 0 saturated heterocycles. The predicted molar refractivity (Wildman–Crippen MR) is 65.8 cm³/mol. The average Bonchev–Trinajstić information content (AvgIpc) is 2.89. The van der Waals surface area contributed by atoms with Gasteiger partial charge in [-0.1, -0.05) is 0 Å². The van der Waals surface area contributed by atoms with Crippen molar-refractivity contribution in [2.75, 3.05) is 0 Å². The molecule has 0 atom stereocenters. The number of rotatable bonds is 0. The van der Waals surface area contributed by atoms with Crippen LogP contribution >= 0.6 is 0 Å². The highest BCUT2D eigenvalue weighted by molar-refractivity contribution is 6.08. The number of pyridine rings is 3. The summed E-state index contributed by atoms with van der Waals surface area (Å²) in [5, 5.41) is 1.07. The topological polar surface area (TPSA) is 43.1 Å². The van der Waals surface area contributed by atoms with Crippen LogP contribution in [0.1, 0.15) is 0 Å². The molecule has 0 aromatic carbocycles. The van der Waals surface area contributed by atoms with Gasteiger partial charge in [-0.05, 0) is 24.3 Å². The summed E-state index contributed by atoms with van der Waals surface area (Å²) in [4.78, 5) is 13.1. The summed E-state index contributed by atoms with van der Waals surface area (Å²) < 4.78 is 2.03. The van der Waals surface area contributed by atoms with E-state index < -0.39 is 0 Å². The molecule has 0 aliphatic heterocycles. The van der Waals surface area contributed by atoms with Gasteiger partial charge in [-0.15, -0.1) is 0 Å². The molecule has 17 heavy (non-hydrogen) atoms. The van der Waals surface area contributed by atoms with Crippen molar-refractivity contribution >= 4 is 27.5 Å². The molecule has 80 valence electrons. The summed E-state index contributed by atoms with van der Waals surface area (Å²) in [6, 6.07) is 7.96. The van der Waals surface area contributed by atoms with Gasteiger partial charge < -0.3 is 0 Å². The third-order valence-corrected chi connectivity index (χ3v) is 2.99. The van der Waals surface area contributed by atoms with Gasteiger partial charge in [0.2, 0.25) is 0 Å². The lowest BCUT2D eigenvalue weighted by Gasteiger charge is -2.05. The highest BCUT2D eigenvalue weighted by Gasteiger charge is 2.09. The summed E-state index contributed by atoms with van der Waals surface area (Å²) in [7, 11) is 0. The summed E-state index contributed by atoms with van der Waals surface area (Å²) in [5.41, 5.74) is 3.97. The Labute approximate surface area is 96.6 Å². The lowest BCUT2D eigenvalue weighted by Crippen LogP contribution is -1.92. The smallest absolute Gasteiger partial charge is 0.0998 e. The molecule has 0 aliphatic rings. The molecule has 0 aliphatic carbocycles. The molecule has 4 nitrogen and oxygen atoms in total. The van der Waals surface area contributed by atoms with Crippen molar-refractivity contribution in [1.29, 1.82) is 0 Å². The number of nitrogens with zero attached hydrogens (tertiary/aromatic N) is 4. The third kappa shape index (κ3) is 1.04. The minimum absolute atomic E-state index is 0.941. The van der Waals surface area contributed by atoms with Gasteiger partial charge in [-0.3, -0.25) is 14.4 Å². The molecule has 4 aromatic heterocycles. The Kier molecular flexibility index (Phi) is 1.53. The second-order valence-electron chi connectivity index (χ2n) is 3.92. The normalized spacial score (nSPS) is 11.5. The molecule has 4 heterocycles. The number of fused-ring (bicyclic) bond motifs is 6. The molecule has 4 aromatic rings. The van der Waals surface area contributed by atoms with Crippen LogP contribution in [0.4, 0.5) is 0 Å². The largest absolute Gasteiger partial charge is 0.295 e. The van der Waals surface area contributed by atoms with E-state index in [9.17, 15) is 0 Å². The zero-order chi connectivity index (χ0) is 11.2. The quantitative estimate of drug-likeness (QED) is 0.427. The maximum atomic E-state index is 4.45. The summed E-state index contributed by atoms with van der Waals surface area (Å²) in [6.07, 6.45) is 7.23. The first-order valence-corrected chi connectivity index (χ1v) is 5.38. The first-order valence-electron chi connectivity index (χ1n) is 5.38. The van der Waals surface area contributed by atoms with E-state index in [4.69, 9.17) is 0 Å². The molecule has 4 heteroatoms. The van der Waals surface area contributed by atoms with E-state index in [2.05, 4.69) is 15.0 Å². The minimum atomic E-state index is 0.941. The zero-order valence-corrected chi connectivity index (χ0v) is 8.91. The molecule has 0 radical (unpaired) electrons. The van der Waals surface area contributed by atoms with Crippen LogP contribution in [0.15, 0.2) is 49.2 Å². The second kappa shape index (κ2) is 3.01. The van der Waals surface area contributed by atoms with Gasteiger partial charge in [0.25, 0.3) is 0 Å².